The quantitative estimate of drug-likeness (QED) is 0.781. The zero-order valence-corrected chi connectivity index (χ0v) is 11.5. The number of aryl methyl sites for hydroxylation is 1. The predicted octanol–water partition coefficient (Wildman–Crippen LogP) is 1.99. The van der Waals surface area contributed by atoms with Gasteiger partial charge in [-0.25, -0.2) is 9.50 Å². The number of ether oxygens (including phenoxy) is 2. The van der Waals surface area contributed by atoms with Crippen LogP contribution in [0.25, 0.3) is 16.2 Å². The molecule has 1 aromatic carbocycles. The fourth-order valence-corrected chi connectivity index (χ4v) is 3.06. The van der Waals surface area contributed by atoms with Gasteiger partial charge in [0.15, 0.2) is 11.5 Å². The SMILES string of the molecule is Cc1nn2c(CO)c(-c3ccc4c(c3)OCO4)nc2s1. The Kier molecular flexibility index (Phi) is 2.45. The predicted molar refractivity (Wildman–Crippen MR) is 73.1 cm³/mol. The van der Waals surface area contributed by atoms with Gasteiger partial charge in [-0.1, -0.05) is 11.3 Å². The van der Waals surface area contributed by atoms with Crippen LogP contribution in [0.3, 0.4) is 0 Å². The number of hydrogen-bond acceptors (Lipinski definition) is 6. The average molecular weight is 289 g/mol. The molecule has 4 rings (SSSR count). The molecule has 0 atom stereocenters. The van der Waals surface area contributed by atoms with E-state index in [0.717, 1.165) is 27.0 Å². The van der Waals surface area contributed by atoms with Crippen LogP contribution < -0.4 is 9.47 Å². The molecule has 0 fully saturated rings. The van der Waals surface area contributed by atoms with E-state index in [4.69, 9.17) is 9.47 Å². The molecule has 0 saturated heterocycles. The van der Waals surface area contributed by atoms with Crippen molar-refractivity contribution < 1.29 is 14.6 Å². The minimum atomic E-state index is -0.117. The van der Waals surface area contributed by atoms with E-state index in [1.165, 1.54) is 11.3 Å². The monoisotopic (exact) mass is 289 g/mol. The summed E-state index contributed by atoms with van der Waals surface area (Å²) >= 11 is 1.50. The molecule has 102 valence electrons. The van der Waals surface area contributed by atoms with Crippen LogP contribution in [0.4, 0.5) is 0 Å². The van der Waals surface area contributed by atoms with Crippen LogP contribution in [0.2, 0.25) is 0 Å². The summed E-state index contributed by atoms with van der Waals surface area (Å²) in [7, 11) is 0. The molecule has 0 amide bonds. The Morgan fingerprint density at radius 3 is 3.05 bits per heavy atom. The number of aliphatic hydroxyl groups excluding tert-OH is 1. The van der Waals surface area contributed by atoms with E-state index in [0.29, 0.717) is 11.4 Å². The third kappa shape index (κ3) is 1.60. The second-order valence-corrected chi connectivity index (χ2v) is 5.61. The van der Waals surface area contributed by atoms with E-state index < -0.39 is 0 Å². The lowest BCUT2D eigenvalue weighted by Gasteiger charge is -2.02. The van der Waals surface area contributed by atoms with Crippen molar-refractivity contribution in [3.8, 4) is 22.8 Å². The molecule has 0 saturated carbocycles. The van der Waals surface area contributed by atoms with Crippen molar-refractivity contribution in [3.63, 3.8) is 0 Å². The summed E-state index contributed by atoms with van der Waals surface area (Å²) in [4.78, 5) is 5.34. The van der Waals surface area contributed by atoms with Gasteiger partial charge in [0.2, 0.25) is 11.8 Å². The molecule has 0 radical (unpaired) electrons. The second-order valence-electron chi connectivity index (χ2n) is 4.45. The van der Waals surface area contributed by atoms with E-state index in [2.05, 4.69) is 10.1 Å². The lowest BCUT2D eigenvalue weighted by atomic mass is 10.1. The third-order valence-corrected chi connectivity index (χ3v) is 4.02. The van der Waals surface area contributed by atoms with Gasteiger partial charge in [0.1, 0.15) is 5.01 Å². The van der Waals surface area contributed by atoms with Crippen molar-refractivity contribution in [2.45, 2.75) is 13.5 Å². The zero-order valence-electron chi connectivity index (χ0n) is 10.7. The zero-order chi connectivity index (χ0) is 13.7. The molecule has 7 heteroatoms. The van der Waals surface area contributed by atoms with Gasteiger partial charge in [-0.3, -0.25) is 0 Å². The van der Waals surface area contributed by atoms with E-state index in [-0.39, 0.29) is 13.4 Å². The summed E-state index contributed by atoms with van der Waals surface area (Å²) in [5, 5.41) is 14.9. The fraction of sp³-hybridized carbons (Fsp3) is 0.231. The van der Waals surface area contributed by atoms with Gasteiger partial charge in [0.25, 0.3) is 0 Å². The van der Waals surface area contributed by atoms with Crippen LogP contribution in [0.5, 0.6) is 11.5 Å². The van der Waals surface area contributed by atoms with Gasteiger partial charge >= 0.3 is 0 Å². The van der Waals surface area contributed by atoms with E-state index in [1.807, 2.05) is 25.1 Å². The van der Waals surface area contributed by atoms with Crippen LogP contribution in [-0.2, 0) is 6.61 Å². The van der Waals surface area contributed by atoms with Crippen LogP contribution in [0.1, 0.15) is 10.7 Å². The summed E-state index contributed by atoms with van der Waals surface area (Å²) in [5.74, 6) is 1.43. The third-order valence-electron chi connectivity index (χ3n) is 3.19. The van der Waals surface area contributed by atoms with E-state index >= 15 is 0 Å². The van der Waals surface area contributed by atoms with Gasteiger partial charge in [0, 0.05) is 5.56 Å². The Morgan fingerprint density at radius 1 is 1.35 bits per heavy atom. The molecule has 0 bridgehead atoms. The fourth-order valence-electron chi connectivity index (χ4n) is 2.30. The molecule has 3 aromatic rings. The number of rotatable bonds is 2. The minimum absolute atomic E-state index is 0.117. The maximum atomic E-state index is 9.62. The molecule has 2 aromatic heterocycles. The molecule has 0 aliphatic carbocycles. The number of hydrogen-bond donors (Lipinski definition) is 1. The first-order valence-corrected chi connectivity index (χ1v) is 6.94. The van der Waals surface area contributed by atoms with Gasteiger partial charge < -0.3 is 14.6 Å². The number of nitrogens with zero attached hydrogens (tertiary/aromatic N) is 3. The highest BCUT2D eigenvalue weighted by atomic mass is 32.1. The second kappa shape index (κ2) is 4.19. The van der Waals surface area contributed by atoms with Crippen molar-refractivity contribution in [2.24, 2.45) is 0 Å². The molecule has 1 aliphatic heterocycles. The molecule has 0 unspecified atom stereocenters. The summed E-state index contributed by atoms with van der Waals surface area (Å²) in [6.07, 6.45) is 0. The Hall–Kier alpha value is -2.12. The molecule has 6 nitrogen and oxygen atoms in total. The highest BCUT2D eigenvalue weighted by Gasteiger charge is 2.19. The Labute approximate surface area is 118 Å². The lowest BCUT2D eigenvalue weighted by molar-refractivity contribution is 0.174. The molecular formula is C13H11N3O3S. The summed E-state index contributed by atoms with van der Waals surface area (Å²) < 4.78 is 12.4. The van der Waals surface area contributed by atoms with Crippen LogP contribution >= 0.6 is 11.3 Å². The average Bonchev–Trinajstić information content (AvgIpc) is 3.10. The molecular weight excluding hydrogens is 278 g/mol. The maximum absolute atomic E-state index is 9.62. The first-order valence-electron chi connectivity index (χ1n) is 6.12. The van der Waals surface area contributed by atoms with E-state index in [9.17, 15) is 5.11 Å². The van der Waals surface area contributed by atoms with Crippen LogP contribution in [-0.4, -0.2) is 26.5 Å². The topological polar surface area (TPSA) is 68.9 Å². The number of imidazole rings is 1. The van der Waals surface area contributed by atoms with Crippen molar-refractivity contribution in [1.82, 2.24) is 14.6 Å². The van der Waals surface area contributed by atoms with Gasteiger partial charge in [0.05, 0.1) is 18.0 Å². The molecule has 1 N–H and O–H groups in total. The smallest absolute Gasteiger partial charge is 0.231 e. The van der Waals surface area contributed by atoms with Crippen LogP contribution in [0.15, 0.2) is 18.2 Å². The first-order chi connectivity index (χ1) is 9.76. The molecule has 20 heavy (non-hydrogen) atoms. The van der Waals surface area contributed by atoms with Crippen molar-refractivity contribution in [2.75, 3.05) is 6.79 Å². The maximum Gasteiger partial charge on any atom is 0.231 e. The largest absolute Gasteiger partial charge is 0.454 e. The minimum Gasteiger partial charge on any atom is -0.454 e. The van der Waals surface area contributed by atoms with Gasteiger partial charge in [-0.2, -0.15) is 5.10 Å². The molecule has 0 spiro atoms. The summed E-state index contributed by atoms with van der Waals surface area (Å²) in [5.41, 5.74) is 2.29. The first kappa shape index (κ1) is 11.7. The lowest BCUT2D eigenvalue weighted by Crippen LogP contribution is -1.95. The number of aromatic nitrogens is 3. The number of aliphatic hydroxyl groups is 1. The number of benzene rings is 1. The van der Waals surface area contributed by atoms with Gasteiger partial charge in [-0.15, -0.1) is 0 Å². The Morgan fingerprint density at radius 2 is 2.20 bits per heavy atom. The van der Waals surface area contributed by atoms with Crippen molar-refractivity contribution in [1.29, 1.82) is 0 Å². The molecule has 3 heterocycles. The normalized spacial score (nSPS) is 13.3. The molecule has 1 aliphatic rings. The standard InChI is InChI=1S/C13H11N3O3S/c1-7-15-16-9(5-17)12(14-13(16)20-7)8-2-3-10-11(4-8)19-6-18-10/h2-4,17H,5-6H2,1H3. The van der Waals surface area contributed by atoms with Gasteiger partial charge in [-0.05, 0) is 25.1 Å². The highest BCUT2D eigenvalue weighted by molar-refractivity contribution is 7.16. The summed E-state index contributed by atoms with van der Waals surface area (Å²) in [6, 6.07) is 5.64. The van der Waals surface area contributed by atoms with Crippen LogP contribution in [0, 0.1) is 6.92 Å². The Balaban J connectivity index is 1.91. The van der Waals surface area contributed by atoms with Crippen molar-refractivity contribution in [3.05, 3.63) is 28.9 Å². The highest BCUT2D eigenvalue weighted by Crippen LogP contribution is 2.37. The summed E-state index contributed by atoms with van der Waals surface area (Å²) in [6.45, 7) is 2.04. The Bertz CT molecular complexity index is 809. The van der Waals surface area contributed by atoms with E-state index in [1.54, 1.807) is 4.52 Å². The number of fused-ring (bicyclic) bond motifs is 2. The van der Waals surface area contributed by atoms with Crippen molar-refractivity contribution >= 4 is 16.3 Å².